The molecule has 1 unspecified atom stereocenters. The van der Waals surface area contributed by atoms with Crippen molar-refractivity contribution in [3.63, 3.8) is 0 Å². The maximum atomic E-state index is 12.9. The maximum absolute atomic E-state index is 12.9. The minimum absolute atomic E-state index is 0.0693. The number of urea groups is 1. The molecule has 1 saturated heterocycles. The summed E-state index contributed by atoms with van der Waals surface area (Å²) >= 11 is 0. The van der Waals surface area contributed by atoms with Gasteiger partial charge in [-0.25, -0.2) is 4.79 Å². The summed E-state index contributed by atoms with van der Waals surface area (Å²) < 4.78 is 21.3. The number of rotatable bonds is 5. The highest BCUT2D eigenvalue weighted by Gasteiger charge is 2.40. The van der Waals surface area contributed by atoms with Gasteiger partial charge < -0.3 is 18.7 Å². The molecule has 0 spiro atoms. The van der Waals surface area contributed by atoms with Gasteiger partial charge in [0.25, 0.3) is 0 Å². The van der Waals surface area contributed by atoms with E-state index in [1.54, 1.807) is 36.4 Å². The van der Waals surface area contributed by atoms with Gasteiger partial charge in [-0.05, 0) is 37.3 Å². The van der Waals surface area contributed by atoms with Crippen molar-refractivity contribution in [2.24, 2.45) is 10.9 Å². The SMILES string of the molecule is CCOc1ccc(-c2noc(CN3C(=O)N=C4C=C5OCOC5=CC4C3=O)n2)cc1. The molecular formula is C20H16N4O6. The Bertz CT molecular complexity index is 1110. The normalized spacial score (nSPS) is 19.8. The molecule has 0 N–H and O–H groups in total. The summed E-state index contributed by atoms with van der Waals surface area (Å²) in [5.74, 6) is 0.977. The summed E-state index contributed by atoms with van der Waals surface area (Å²) in [6.07, 6.45) is 3.15. The van der Waals surface area contributed by atoms with Crippen molar-refractivity contribution in [2.45, 2.75) is 13.5 Å². The van der Waals surface area contributed by atoms with Gasteiger partial charge in [0.15, 0.2) is 11.5 Å². The van der Waals surface area contributed by atoms with Crippen molar-refractivity contribution in [3.8, 4) is 17.1 Å². The fourth-order valence-corrected chi connectivity index (χ4v) is 3.32. The summed E-state index contributed by atoms with van der Waals surface area (Å²) in [6.45, 7) is 2.37. The number of ether oxygens (including phenoxy) is 3. The molecule has 1 fully saturated rings. The molecule has 0 bridgehead atoms. The van der Waals surface area contributed by atoms with Crippen LogP contribution in [0.5, 0.6) is 5.75 Å². The van der Waals surface area contributed by atoms with E-state index < -0.39 is 17.9 Å². The van der Waals surface area contributed by atoms with Gasteiger partial charge in [-0.3, -0.25) is 9.69 Å². The van der Waals surface area contributed by atoms with Crippen LogP contribution in [-0.2, 0) is 20.8 Å². The van der Waals surface area contributed by atoms with Crippen LogP contribution in [-0.4, -0.2) is 46.1 Å². The zero-order valence-corrected chi connectivity index (χ0v) is 15.9. The number of nitrogens with zero attached hydrogens (tertiary/aromatic N) is 4. The van der Waals surface area contributed by atoms with Gasteiger partial charge in [0.2, 0.25) is 24.4 Å². The number of fused-ring (bicyclic) bond motifs is 2. The lowest BCUT2D eigenvalue weighted by Crippen LogP contribution is -2.46. The van der Waals surface area contributed by atoms with Crippen LogP contribution in [0.4, 0.5) is 4.79 Å². The molecule has 1 aliphatic carbocycles. The molecule has 0 saturated carbocycles. The molecule has 1 atom stereocenters. The second-order valence-corrected chi connectivity index (χ2v) is 6.64. The third-order valence-corrected chi connectivity index (χ3v) is 4.76. The minimum Gasteiger partial charge on any atom is -0.494 e. The molecule has 10 heteroatoms. The number of imide groups is 1. The van der Waals surface area contributed by atoms with E-state index in [4.69, 9.17) is 18.7 Å². The van der Waals surface area contributed by atoms with Crippen molar-refractivity contribution < 1.29 is 28.3 Å². The Morgan fingerprint density at radius 2 is 1.97 bits per heavy atom. The standard InChI is InChI=1S/C20H16N4O6/c1-2-27-12-5-3-11(4-6-12)18-22-17(30-23-18)9-24-19(25)13-7-15-16(29-10-28-15)8-14(13)21-20(24)26/h3-8,13H,2,9-10H2,1H3. The molecule has 2 aliphatic heterocycles. The Hall–Kier alpha value is -3.95. The Balaban J connectivity index is 1.35. The summed E-state index contributed by atoms with van der Waals surface area (Å²) in [4.78, 5) is 34.6. The van der Waals surface area contributed by atoms with Crippen LogP contribution in [0.2, 0.25) is 0 Å². The number of amides is 3. The number of carbonyl (C=O) groups excluding carboxylic acids is 2. The van der Waals surface area contributed by atoms with E-state index >= 15 is 0 Å². The second-order valence-electron chi connectivity index (χ2n) is 6.64. The number of carbonyl (C=O) groups is 2. The number of benzene rings is 1. The van der Waals surface area contributed by atoms with E-state index in [0.29, 0.717) is 29.7 Å². The van der Waals surface area contributed by atoms with Crippen LogP contribution in [0.3, 0.4) is 0 Å². The smallest absolute Gasteiger partial charge is 0.351 e. The molecule has 0 radical (unpaired) electrons. The second kappa shape index (κ2) is 7.14. The quantitative estimate of drug-likeness (QED) is 0.741. The zero-order valence-electron chi connectivity index (χ0n) is 15.9. The average molecular weight is 408 g/mol. The largest absolute Gasteiger partial charge is 0.494 e. The molecule has 3 aliphatic rings. The van der Waals surface area contributed by atoms with E-state index in [1.165, 1.54) is 0 Å². The highest BCUT2D eigenvalue weighted by Crippen LogP contribution is 2.31. The van der Waals surface area contributed by atoms with Crippen molar-refractivity contribution in [3.05, 3.63) is 53.8 Å². The highest BCUT2D eigenvalue weighted by atomic mass is 16.7. The predicted octanol–water partition coefficient (Wildman–Crippen LogP) is 2.44. The van der Waals surface area contributed by atoms with Crippen LogP contribution >= 0.6 is 0 Å². The molecule has 5 rings (SSSR count). The molecule has 3 amide bonds. The van der Waals surface area contributed by atoms with Crippen LogP contribution < -0.4 is 4.74 Å². The van der Waals surface area contributed by atoms with Gasteiger partial charge in [-0.1, -0.05) is 5.16 Å². The van der Waals surface area contributed by atoms with Crippen molar-refractivity contribution in [1.29, 1.82) is 0 Å². The Labute approximate surface area is 170 Å². The first kappa shape index (κ1) is 18.1. The van der Waals surface area contributed by atoms with Crippen molar-refractivity contribution in [2.75, 3.05) is 13.4 Å². The summed E-state index contributed by atoms with van der Waals surface area (Å²) in [5, 5.41) is 3.93. The number of hydrogen-bond donors (Lipinski definition) is 0. The lowest BCUT2D eigenvalue weighted by molar-refractivity contribution is -0.130. The molecule has 30 heavy (non-hydrogen) atoms. The van der Waals surface area contributed by atoms with Crippen LogP contribution in [0.15, 0.2) is 57.5 Å². The molecule has 3 heterocycles. The van der Waals surface area contributed by atoms with Gasteiger partial charge >= 0.3 is 6.03 Å². The Morgan fingerprint density at radius 3 is 2.77 bits per heavy atom. The van der Waals surface area contributed by atoms with Gasteiger partial charge in [-0.2, -0.15) is 9.98 Å². The minimum atomic E-state index is -0.725. The van der Waals surface area contributed by atoms with Gasteiger partial charge in [0.05, 0.1) is 12.3 Å². The van der Waals surface area contributed by atoms with Crippen LogP contribution in [0, 0.1) is 5.92 Å². The Morgan fingerprint density at radius 1 is 1.17 bits per heavy atom. The highest BCUT2D eigenvalue weighted by molar-refractivity contribution is 6.22. The fourth-order valence-electron chi connectivity index (χ4n) is 3.32. The number of allylic oxidation sites excluding steroid dienone is 1. The first-order valence-electron chi connectivity index (χ1n) is 9.31. The molecular weight excluding hydrogens is 392 g/mol. The topological polar surface area (TPSA) is 116 Å². The lowest BCUT2D eigenvalue weighted by Gasteiger charge is -2.27. The van der Waals surface area contributed by atoms with Gasteiger partial charge in [0, 0.05) is 11.6 Å². The molecule has 152 valence electrons. The predicted molar refractivity (Wildman–Crippen MR) is 101 cm³/mol. The van der Waals surface area contributed by atoms with Gasteiger partial charge in [-0.15, -0.1) is 0 Å². The number of aliphatic imine (C=N–C) groups is 1. The number of hydrogen-bond acceptors (Lipinski definition) is 8. The summed E-state index contributed by atoms with van der Waals surface area (Å²) in [7, 11) is 0. The molecule has 2 aromatic rings. The van der Waals surface area contributed by atoms with Crippen molar-refractivity contribution >= 4 is 17.6 Å². The summed E-state index contributed by atoms with van der Waals surface area (Å²) in [6, 6.07) is 6.51. The lowest BCUT2D eigenvalue weighted by atomic mass is 9.94. The maximum Gasteiger partial charge on any atom is 0.351 e. The third kappa shape index (κ3) is 3.11. The molecule has 1 aromatic heterocycles. The number of aromatic nitrogens is 2. The summed E-state index contributed by atoms with van der Waals surface area (Å²) in [5.41, 5.74) is 1.05. The van der Waals surface area contributed by atoms with E-state index in [-0.39, 0.29) is 19.2 Å². The van der Waals surface area contributed by atoms with E-state index in [2.05, 4.69) is 15.1 Å². The fraction of sp³-hybridized carbons (Fsp3) is 0.250. The van der Waals surface area contributed by atoms with Crippen LogP contribution in [0.1, 0.15) is 12.8 Å². The Kier molecular flexibility index (Phi) is 4.31. The van der Waals surface area contributed by atoms with E-state index in [9.17, 15) is 9.59 Å². The first-order valence-corrected chi connectivity index (χ1v) is 9.31. The first-order chi connectivity index (χ1) is 14.6. The monoisotopic (exact) mass is 408 g/mol. The van der Waals surface area contributed by atoms with E-state index in [1.807, 2.05) is 6.92 Å². The average Bonchev–Trinajstić information content (AvgIpc) is 3.40. The third-order valence-electron chi connectivity index (χ3n) is 4.76. The van der Waals surface area contributed by atoms with Gasteiger partial charge in [0.1, 0.15) is 18.2 Å². The molecule has 10 nitrogen and oxygen atoms in total. The van der Waals surface area contributed by atoms with Crippen molar-refractivity contribution in [1.82, 2.24) is 15.0 Å². The molecule has 1 aromatic carbocycles. The zero-order chi connectivity index (χ0) is 20.7. The van der Waals surface area contributed by atoms with E-state index in [0.717, 1.165) is 16.2 Å². The van der Waals surface area contributed by atoms with Crippen LogP contribution in [0.25, 0.3) is 11.4 Å².